The molecule has 0 aliphatic heterocycles. The van der Waals surface area contributed by atoms with E-state index in [1.165, 1.54) is 51.4 Å². The fourth-order valence-corrected chi connectivity index (χ4v) is 3.46. The van der Waals surface area contributed by atoms with E-state index < -0.39 is 28.7 Å². The lowest BCUT2D eigenvalue weighted by molar-refractivity contribution is -0.157. The first kappa shape index (κ1) is 29.1. The van der Waals surface area contributed by atoms with Crippen LogP contribution in [0.1, 0.15) is 98.8 Å². The molecule has 28 heavy (non-hydrogen) atoms. The van der Waals surface area contributed by atoms with Gasteiger partial charge < -0.3 is 21.7 Å². The average Bonchev–Trinajstić information content (AvgIpc) is 2.88. The standard InChI is InChI=1S/C10H16O4.2C6H15N/c1-9(2)6(7(11)12)4-5-10(9,3)8(13)14;2*1-2-3-4-5-6-7/h6H,4-5H2,1-3H3,(H,11,12)(H,13,14);2*2-7H2,1H3/t6-,10+;;/m1../s1. The highest BCUT2D eigenvalue weighted by Crippen LogP contribution is 2.56. The Morgan fingerprint density at radius 3 is 1.50 bits per heavy atom. The Balaban J connectivity index is 0. The zero-order chi connectivity index (χ0) is 22.2. The lowest BCUT2D eigenvalue weighted by Crippen LogP contribution is -2.42. The third kappa shape index (κ3) is 9.87. The summed E-state index contributed by atoms with van der Waals surface area (Å²) >= 11 is 0. The Hall–Kier alpha value is -1.14. The minimum Gasteiger partial charge on any atom is -0.481 e. The SMILES string of the molecule is CC1(C)[C@@H](C(=O)O)CC[C@@]1(C)C(=O)O.CCCCCCN.CCCCCCN. The highest BCUT2D eigenvalue weighted by Gasteiger charge is 2.58. The smallest absolute Gasteiger partial charge is 0.309 e. The summed E-state index contributed by atoms with van der Waals surface area (Å²) < 4.78 is 0. The number of nitrogens with two attached hydrogens (primary N) is 2. The molecule has 0 bridgehead atoms. The fraction of sp³-hybridized carbons (Fsp3) is 0.909. The van der Waals surface area contributed by atoms with E-state index in [9.17, 15) is 9.59 Å². The van der Waals surface area contributed by atoms with Crippen molar-refractivity contribution in [1.82, 2.24) is 0 Å². The zero-order valence-corrected chi connectivity index (χ0v) is 18.9. The lowest BCUT2D eigenvalue weighted by atomic mass is 9.66. The molecular formula is C22H46N2O4. The van der Waals surface area contributed by atoms with Gasteiger partial charge in [-0.05, 0) is 51.1 Å². The maximum absolute atomic E-state index is 11.1. The molecule has 168 valence electrons. The topological polar surface area (TPSA) is 127 Å². The molecular weight excluding hydrogens is 356 g/mol. The predicted molar refractivity (Wildman–Crippen MR) is 116 cm³/mol. The lowest BCUT2D eigenvalue weighted by Gasteiger charge is -2.36. The molecule has 1 aliphatic carbocycles. The van der Waals surface area contributed by atoms with Gasteiger partial charge in [-0.25, -0.2) is 0 Å². The number of hydrogen-bond acceptors (Lipinski definition) is 4. The first-order valence-corrected chi connectivity index (χ1v) is 10.9. The molecule has 0 unspecified atom stereocenters. The molecule has 0 aromatic carbocycles. The molecule has 1 rings (SSSR count). The second-order valence-electron chi connectivity index (χ2n) is 8.49. The Morgan fingerprint density at radius 2 is 1.29 bits per heavy atom. The van der Waals surface area contributed by atoms with E-state index in [0.717, 1.165) is 13.1 Å². The number of aliphatic carboxylic acids is 2. The van der Waals surface area contributed by atoms with Gasteiger partial charge in [0.1, 0.15) is 0 Å². The molecule has 0 saturated heterocycles. The summed E-state index contributed by atoms with van der Waals surface area (Å²) in [7, 11) is 0. The van der Waals surface area contributed by atoms with E-state index in [2.05, 4.69) is 13.8 Å². The van der Waals surface area contributed by atoms with Crippen molar-refractivity contribution < 1.29 is 19.8 Å². The molecule has 2 atom stereocenters. The first-order valence-electron chi connectivity index (χ1n) is 10.9. The van der Waals surface area contributed by atoms with Crippen LogP contribution in [-0.4, -0.2) is 35.2 Å². The van der Waals surface area contributed by atoms with Crippen LogP contribution in [0.2, 0.25) is 0 Å². The van der Waals surface area contributed by atoms with Gasteiger partial charge in [-0.3, -0.25) is 9.59 Å². The summed E-state index contributed by atoms with van der Waals surface area (Å²) in [5.74, 6) is -2.34. The van der Waals surface area contributed by atoms with Crippen molar-refractivity contribution in [3.05, 3.63) is 0 Å². The number of unbranched alkanes of at least 4 members (excludes halogenated alkanes) is 6. The van der Waals surface area contributed by atoms with Crippen molar-refractivity contribution in [1.29, 1.82) is 0 Å². The molecule has 0 spiro atoms. The Morgan fingerprint density at radius 1 is 0.857 bits per heavy atom. The van der Waals surface area contributed by atoms with E-state index >= 15 is 0 Å². The second kappa shape index (κ2) is 15.7. The third-order valence-electron chi connectivity index (χ3n) is 6.11. The summed E-state index contributed by atoms with van der Waals surface area (Å²) in [6.07, 6.45) is 11.2. The molecule has 0 radical (unpaired) electrons. The summed E-state index contributed by atoms with van der Waals surface area (Å²) in [4.78, 5) is 22.0. The molecule has 0 aromatic heterocycles. The number of carbonyl (C=O) groups is 2. The van der Waals surface area contributed by atoms with Gasteiger partial charge in [0.25, 0.3) is 0 Å². The second-order valence-corrected chi connectivity index (χ2v) is 8.49. The van der Waals surface area contributed by atoms with Crippen LogP contribution in [0.25, 0.3) is 0 Å². The first-order chi connectivity index (χ1) is 13.1. The molecule has 0 aromatic rings. The normalized spacial score (nSPS) is 22.5. The van der Waals surface area contributed by atoms with Crippen LogP contribution in [0.4, 0.5) is 0 Å². The monoisotopic (exact) mass is 402 g/mol. The summed E-state index contributed by atoms with van der Waals surface area (Å²) in [6, 6.07) is 0. The van der Waals surface area contributed by atoms with Gasteiger partial charge in [-0.1, -0.05) is 66.2 Å². The highest BCUT2D eigenvalue weighted by molar-refractivity contribution is 5.80. The predicted octanol–water partition coefficient (Wildman–Crippen LogP) is 4.65. The van der Waals surface area contributed by atoms with Gasteiger partial charge >= 0.3 is 11.9 Å². The van der Waals surface area contributed by atoms with Gasteiger partial charge in [-0.2, -0.15) is 0 Å². The van der Waals surface area contributed by atoms with E-state index in [-0.39, 0.29) is 0 Å². The van der Waals surface area contributed by atoms with E-state index in [1.54, 1.807) is 20.8 Å². The molecule has 6 N–H and O–H groups in total. The van der Waals surface area contributed by atoms with Crippen LogP contribution in [0.15, 0.2) is 0 Å². The van der Waals surface area contributed by atoms with Crippen molar-refractivity contribution in [3.8, 4) is 0 Å². The Bertz CT molecular complexity index is 409. The van der Waals surface area contributed by atoms with Crippen LogP contribution >= 0.6 is 0 Å². The molecule has 6 heteroatoms. The quantitative estimate of drug-likeness (QED) is 0.394. The maximum Gasteiger partial charge on any atom is 0.309 e. The minimum absolute atomic E-state index is 0.437. The van der Waals surface area contributed by atoms with Gasteiger partial charge in [0.2, 0.25) is 0 Å². The number of hydrogen-bond donors (Lipinski definition) is 4. The van der Waals surface area contributed by atoms with Crippen LogP contribution < -0.4 is 11.5 Å². The van der Waals surface area contributed by atoms with Crippen LogP contribution in [0.5, 0.6) is 0 Å². The van der Waals surface area contributed by atoms with Crippen molar-refractivity contribution in [2.75, 3.05) is 13.1 Å². The number of carboxylic acid groups (broad SMARTS) is 2. The maximum atomic E-state index is 11.1. The molecule has 1 aliphatic rings. The third-order valence-corrected chi connectivity index (χ3v) is 6.11. The number of rotatable bonds is 10. The summed E-state index contributed by atoms with van der Waals surface area (Å²) in [5, 5.41) is 18.1. The van der Waals surface area contributed by atoms with Crippen molar-refractivity contribution >= 4 is 11.9 Å². The molecule has 0 heterocycles. The van der Waals surface area contributed by atoms with Gasteiger partial charge in [0.05, 0.1) is 11.3 Å². The van der Waals surface area contributed by atoms with Crippen LogP contribution in [0.3, 0.4) is 0 Å². The van der Waals surface area contributed by atoms with Crippen LogP contribution in [0, 0.1) is 16.7 Å². The molecule has 0 amide bonds. The van der Waals surface area contributed by atoms with Gasteiger partial charge in [0, 0.05) is 0 Å². The zero-order valence-electron chi connectivity index (χ0n) is 18.9. The van der Waals surface area contributed by atoms with Crippen LogP contribution in [-0.2, 0) is 9.59 Å². The van der Waals surface area contributed by atoms with Crippen molar-refractivity contribution in [3.63, 3.8) is 0 Å². The fourth-order valence-electron chi connectivity index (χ4n) is 3.46. The molecule has 1 saturated carbocycles. The van der Waals surface area contributed by atoms with Crippen molar-refractivity contribution in [2.24, 2.45) is 28.2 Å². The Kier molecular flexibility index (Phi) is 16.3. The van der Waals surface area contributed by atoms with E-state index in [4.69, 9.17) is 21.7 Å². The van der Waals surface area contributed by atoms with Crippen molar-refractivity contribution in [2.45, 2.75) is 98.8 Å². The molecule has 1 fully saturated rings. The van der Waals surface area contributed by atoms with Gasteiger partial charge in [0.15, 0.2) is 0 Å². The van der Waals surface area contributed by atoms with E-state index in [0.29, 0.717) is 12.8 Å². The van der Waals surface area contributed by atoms with E-state index in [1.807, 2.05) is 0 Å². The van der Waals surface area contributed by atoms with Gasteiger partial charge in [-0.15, -0.1) is 0 Å². The minimum atomic E-state index is -0.921. The summed E-state index contributed by atoms with van der Waals surface area (Å²) in [5.41, 5.74) is 8.93. The Labute approximate surface area is 172 Å². The summed E-state index contributed by atoms with van der Waals surface area (Å²) in [6.45, 7) is 11.2. The average molecular weight is 403 g/mol. The number of carboxylic acids is 2. The largest absolute Gasteiger partial charge is 0.481 e. The highest BCUT2D eigenvalue weighted by atomic mass is 16.4. The molecule has 6 nitrogen and oxygen atoms in total.